The van der Waals surface area contributed by atoms with Gasteiger partial charge in [0.2, 0.25) is 0 Å². The zero-order chi connectivity index (χ0) is 18.9. The minimum atomic E-state index is -0.399. The molecule has 2 rings (SSSR count). The van der Waals surface area contributed by atoms with E-state index >= 15 is 0 Å². The van der Waals surface area contributed by atoms with Gasteiger partial charge in [-0.15, -0.1) is 11.8 Å². The molecule has 5 nitrogen and oxygen atoms in total. The molecular formula is C20H24N2O3S. The first-order valence-corrected chi connectivity index (χ1v) is 9.25. The highest BCUT2D eigenvalue weighted by molar-refractivity contribution is 8.00. The Morgan fingerprint density at radius 3 is 2.35 bits per heavy atom. The van der Waals surface area contributed by atoms with Crippen LogP contribution in [0.5, 0.6) is 0 Å². The van der Waals surface area contributed by atoms with Crippen molar-refractivity contribution in [3.8, 4) is 0 Å². The van der Waals surface area contributed by atoms with E-state index in [1.807, 2.05) is 73.6 Å². The van der Waals surface area contributed by atoms with Crippen molar-refractivity contribution >= 4 is 29.3 Å². The summed E-state index contributed by atoms with van der Waals surface area (Å²) in [7, 11) is 3.95. The molecule has 26 heavy (non-hydrogen) atoms. The quantitative estimate of drug-likeness (QED) is 0.570. The van der Waals surface area contributed by atoms with Crippen molar-refractivity contribution < 1.29 is 14.3 Å². The van der Waals surface area contributed by atoms with Crippen molar-refractivity contribution in [2.24, 2.45) is 0 Å². The largest absolute Gasteiger partial charge is 0.455 e. The van der Waals surface area contributed by atoms with Gasteiger partial charge in [-0.3, -0.25) is 9.59 Å². The number of esters is 1. The first-order valence-electron chi connectivity index (χ1n) is 8.37. The molecule has 2 aromatic carbocycles. The summed E-state index contributed by atoms with van der Waals surface area (Å²) in [4.78, 5) is 26.9. The monoisotopic (exact) mass is 372 g/mol. The van der Waals surface area contributed by atoms with Crippen LogP contribution in [0.1, 0.15) is 12.5 Å². The Morgan fingerprint density at radius 2 is 1.73 bits per heavy atom. The Labute approximate surface area is 158 Å². The number of nitrogens with zero attached hydrogens (tertiary/aromatic N) is 1. The molecule has 0 saturated carbocycles. The van der Waals surface area contributed by atoms with E-state index in [4.69, 9.17) is 4.74 Å². The molecule has 138 valence electrons. The molecule has 1 amide bonds. The van der Waals surface area contributed by atoms with Gasteiger partial charge < -0.3 is 15.0 Å². The van der Waals surface area contributed by atoms with E-state index in [9.17, 15) is 9.59 Å². The van der Waals surface area contributed by atoms with Gasteiger partial charge in [-0.25, -0.2) is 0 Å². The summed E-state index contributed by atoms with van der Waals surface area (Å²) in [6.07, 6.45) is 0. The minimum Gasteiger partial charge on any atom is -0.455 e. The molecule has 0 spiro atoms. The van der Waals surface area contributed by atoms with Gasteiger partial charge in [-0.2, -0.15) is 0 Å². The highest BCUT2D eigenvalue weighted by Crippen LogP contribution is 2.23. The lowest BCUT2D eigenvalue weighted by molar-refractivity contribution is -0.147. The average Bonchev–Trinajstić information content (AvgIpc) is 2.65. The highest BCUT2D eigenvalue weighted by Gasteiger charge is 2.17. The number of thioether (sulfide) groups is 1. The molecular weight excluding hydrogens is 348 g/mol. The van der Waals surface area contributed by atoms with E-state index in [2.05, 4.69) is 5.32 Å². The van der Waals surface area contributed by atoms with E-state index in [1.54, 1.807) is 6.92 Å². The fourth-order valence-electron chi connectivity index (χ4n) is 2.17. The lowest BCUT2D eigenvalue weighted by Gasteiger charge is -2.13. The third-order valence-corrected chi connectivity index (χ3v) is 4.77. The van der Waals surface area contributed by atoms with Crippen LogP contribution in [0, 0.1) is 0 Å². The maximum atomic E-state index is 12.0. The number of carbonyl (C=O) groups is 2. The third kappa shape index (κ3) is 6.44. The maximum absolute atomic E-state index is 12.0. The standard InChI is InChI=1S/C20H24N2O3S/c1-15(26-18-7-5-4-6-8-18)20(24)25-14-19(23)21-13-16-9-11-17(12-10-16)22(2)3/h4-12,15H,13-14H2,1-3H3,(H,21,23)/t15-/m1/s1. The second-order valence-corrected chi connectivity index (χ2v) is 7.43. The Kier molecular flexibility index (Phi) is 7.53. The predicted octanol–water partition coefficient (Wildman–Crippen LogP) is 3.09. The number of carbonyl (C=O) groups excluding carboxylic acids is 2. The van der Waals surface area contributed by atoms with Crippen molar-refractivity contribution in [2.45, 2.75) is 23.6 Å². The zero-order valence-corrected chi connectivity index (χ0v) is 16.1. The van der Waals surface area contributed by atoms with Gasteiger partial charge in [-0.05, 0) is 36.8 Å². The van der Waals surface area contributed by atoms with Crippen LogP contribution in [0.3, 0.4) is 0 Å². The van der Waals surface area contributed by atoms with Gasteiger partial charge in [-0.1, -0.05) is 30.3 Å². The van der Waals surface area contributed by atoms with E-state index in [1.165, 1.54) is 11.8 Å². The van der Waals surface area contributed by atoms with E-state index in [-0.39, 0.29) is 17.8 Å². The lowest BCUT2D eigenvalue weighted by atomic mass is 10.2. The molecule has 0 aliphatic heterocycles. The van der Waals surface area contributed by atoms with Gasteiger partial charge in [0.1, 0.15) is 5.25 Å². The number of ether oxygens (including phenoxy) is 1. The number of nitrogens with one attached hydrogen (secondary N) is 1. The lowest BCUT2D eigenvalue weighted by Crippen LogP contribution is -2.30. The van der Waals surface area contributed by atoms with Gasteiger partial charge in [0, 0.05) is 31.2 Å². The second-order valence-electron chi connectivity index (χ2n) is 6.02. The Morgan fingerprint density at radius 1 is 1.08 bits per heavy atom. The van der Waals surface area contributed by atoms with Crippen LogP contribution < -0.4 is 10.2 Å². The first kappa shape index (κ1) is 19.8. The van der Waals surface area contributed by atoms with Gasteiger partial charge in [0.05, 0.1) is 0 Å². The van der Waals surface area contributed by atoms with Crippen LogP contribution in [0.4, 0.5) is 5.69 Å². The second kappa shape index (κ2) is 9.87. The molecule has 0 aliphatic rings. The SMILES string of the molecule is C[C@@H](Sc1ccccc1)C(=O)OCC(=O)NCc1ccc(N(C)C)cc1. The summed E-state index contributed by atoms with van der Waals surface area (Å²) in [6.45, 7) is 1.90. The van der Waals surface area contributed by atoms with E-state index < -0.39 is 5.97 Å². The molecule has 0 radical (unpaired) electrons. The Bertz CT molecular complexity index is 718. The number of benzene rings is 2. The van der Waals surface area contributed by atoms with Crippen molar-refractivity contribution in [3.63, 3.8) is 0 Å². The number of anilines is 1. The maximum Gasteiger partial charge on any atom is 0.319 e. The molecule has 0 bridgehead atoms. The van der Waals surface area contributed by atoms with Gasteiger partial charge in [0.15, 0.2) is 6.61 Å². The van der Waals surface area contributed by atoms with Crippen LogP contribution in [-0.2, 0) is 20.9 Å². The summed E-state index contributed by atoms with van der Waals surface area (Å²) < 4.78 is 5.10. The third-order valence-electron chi connectivity index (χ3n) is 3.68. The van der Waals surface area contributed by atoms with E-state index in [0.29, 0.717) is 6.54 Å². The molecule has 6 heteroatoms. The molecule has 0 fully saturated rings. The summed E-state index contributed by atoms with van der Waals surface area (Å²) in [5.41, 5.74) is 2.09. The zero-order valence-electron chi connectivity index (χ0n) is 15.3. The van der Waals surface area contributed by atoms with Crippen molar-refractivity contribution in [2.75, 3.05) is 25.6 Å². The molecule has 2 aromatic rings. The molecule has 0 aromatic heterocycles. The number of rotatable bonds is 8. The summed E-state index contributed by atoms with van der Waals surface area (Å²) in [5.74, 6) is -0.712. The molecule has 1 atom stereocenters. The Balaban J connectivity index is 1.71. The molecule has 1 N–H and O–H groups in total. The normalized spacial score (nSPS) is 11.5. The van der Waals surface area contributed by atoms with Crippen LogP contribution in [0.25, 0.3) is 0 Å². The first-order chi connectivity index (χ1) is 12.5. The summed E-state index contributed by atoms with van der Waals surface area (Å²) in [5, 5.41) is 2.38. The minimum absolute atomic E-state index is 0.270. The Hall–Kier alpha value is -2.47. The van der Waals surface area contributed by atoms with Gasteiger partial charge >= 0.3 is 5.97 Å². The fourth-order valence-corrected chi connectivity index (χ4v) is 3.06. The molecule has 0 aliphatic carbocycles. The van der Waals surface area contributed by atoms with Crippen LogP contribution in [-0.4, -0.2) is 37.8 Å². The van der Waals surface area contributed by atoms with Crippen LogP contribution in [0.15, 0.2) is 59.5 Å². The molecule has 0 unspecified atom stereocenters. The molecule has 0 saturated heterocycles. The van der Waals surface area contributed by atoms with Crippen LogP contribution >= 0.6 is 11.8 Å². The van der Waals surface area contributed by atoms with Crippen molar-refractivity contribution in [1.82, 2.24) is 5.32 Å². The number of amides is 1. The van der Waals surface area contributed by atoms with E-state index in [0.717, 1.165) is 16.1 Å². The van der Waals surface area contributed by atoms with Crippen molar-refractivity contribution in [1.29, 1.82) is 0 Å². The van der Waals surface area contributed by atoms with Gasteiger partial charge in [0.25, 0.3) is 5.91 Å². The predicted molar refractivity (Wildman–Crippen MR) is 105 cm³/mol. The fraction of sp³-hybridized carbons (Fsp3) is 0.300. The summed E-state index contributed by atoms with van der Waals surface area (Å²) in [6, 6.07) is 17.5. The average molecular weight is 372 g/mol. The molecule has 0 heterocycles. The smallest absolute Gasteiger partial charge is 0.319 e. The number of hydrogen-bond donors (Lipinski definition) is 1. The highest BCUT2D eigenvalue weighted by atomic mass is 32.2. The van der Waals surface area contributed by atoms with Crippen molar-refractivity contribution in [3.05, 3.63) is 60.2 Å². The van der Waals surface area contributed by atoms with Crippen LogP contribution in [0.2, 0.25) is 0 Å². The summed E-state index contributed by atoms with van der Waals surface area (Å²) >= 11 is 1.41. The topological polar surface area (TPSA) is 58.6 Å². The number of hydrogen-bond acceptors (Lipinski definition) is 5.